The molecule has 0 saturated heterocycles. The molecule has 2 aromatic carbocycles. The fourth-order valence-corrected chi connectivity index (χ4v) is 3.60. The molecule has 1 unspecified atom stereocenters. The second-order valence-electron chi connectivity index (χ2n) is 7.41. The Labute approximate surface area is 158 Å². The Morgan fingerprint density at radius 3 is 2.56 bits per heavy atom. The molecule has 138 valence electrons. The average molecular weight is 360 g/mol. The molecule has 1 N–H and O–H groups in total. The maximum Gasteiger partial charge on any atom is 0.251 e. The van der Waals surface area contributed by atoms with E-state index in [-0.39, 0.29) is 17.9 Å². The summed E-state index contributed by atoms with van der Waals surface area (Å²) in [4.78, 5) is 17.8. The van der Waals surface area contributed by atoms with Gasteiger partial charge in [0.25, 0.3) is 5.91 Å². The first kappa shape index (κ1) is 17.3. The Bertz CT molecular complexity index is 1140. The van der Waals surface area contributed by atoms with Crippen LogP contribution in [0, 0.1) is 5.92 Å². The highest BCUT2D eigenvalue weighted by Gasteiger charge is 2.24. The van der Waals surface area contributed by atoms with Crippen LogP contribution < -0.4 is 5.32 Å². The molecule has 2 heterocycles. The van der Waals surface area contributed by atoms with Crippen molar-refractivity contribution in [1.82, 2.24) is 19.4 Å². The zero-order valence-corrected chi connectivity index (χ0v) is 16.1. The van der Waals surface area contributed by atoms with E-state index in [0.29, 0.717) is 5.56 Å². The van der Waals surface area contributed by atoms with Crippen LogP contribution in [0.2, 0.25) is 0 Å². The van der Waals surface area contributed by atoms with E-state index < -0.39 is 0 Å². The molecule has 0 aliphatic rings. The predicted octanol–water partition coefficient (Wildman–Crippen LogP) is 4.19. The van der Waals surface area contributed by atoms with Crippen LogP contribution in [-0.2, 0) is 14.1 Å². The summed E-state index contributed by atoms with van der Waals surface area (Å²) in [5.74, 6) is 1.01. The summed E-state index contributed by atoms with van der Waals surface area (Å²) in [5, 5.41) is 4.33. The van der Waals surface area contributed by atoms with Crippen LogP contribution in [0.15, 0.2) is 54.7 Å². The van der Waals surface area contributed by atoms with Crippen molar-refractivity contribution < 1.29 is 4.79 Å². The number of hydrogen-bond acceptors (Lipinski definition) is 2. The molecule has 2 aromatic heterocycles. The number of carbonyl (C=O) groups excluding carboxylic acids is 1. The molecule has 0 bridgehead atoms. The van der Waals surface area contributed by atoms with Gasteiger partial charge in [0, 0.05) is 31.4 Å². The van der Waals surface area contributed by atoms with E-state index in [0.717, 1.165) is 27.8 Å². The Kier molecular flexibility index (Phi) is 4.22. The van der Waals surface area contributed by atoms with E-state index in [9.17, 15) is 4.79 Å². The topological polar surface area (TPSA) is 51.9 Å². The number of carbonyl (C=O) groups is 1. The van der Waals surface area contributed by atoms with Crippen molar-refractivity contribution in [1.29, 1.82) is 0 Å². The zero-order chi connectivity index (χ0) is 19.1. The molecular formula is C22H24N4O. The van der Waals surface area contributed by atoms with Crippen molar-refractivity contribution in [3.63, 3.8) is 0 Å². The summed E-state index contributed by atoms with van der Waals surface area (Å²) in [6, 6.07) is 15.7. The molecule has 4 aromatic rings. The van der Waals surface area contributed by atoms with Gasteiger partial charge in [-0.1, -0.05) is 32.0 Å². The molecule has 0 saturated carbocycles. The van der Waals surface area contributed by atoms with Gasteiger partial charge in [-0.25, -0.2) is 4.98 Å². The van der Waals surface area contributed by atoms with Crippen LogP contribution in [0.3, 0.4) is 0 Å². The number of benzene rings is 2. The summed E-state index contributed by atoms with van der Waals surface area (Å²) in [7, 11) is 3.99. The molecule has 0 aliphatic carbocycles. The molecule has 4 rings (SSSR count). The largest absolute Gasteiger partial charge is 0.351 e. The summed E-state index contributed by atoms with van der Waals surface area (Å²) in [5.41, 5.74) is 3.72. The third-order valence-electron chi connectivity index (χ3n) is 5.20. The average Bonchev–Trinajstić information content (AvgIpc) is 3.20. The first-order chi connectivity index (χ1) is 13.0. The number of fused-ring (bicyclic) bond motifs is 2. The van der Waals surface area contributed by atoms with E-state index in [2.05, 4.69) is 23.7 Å². The van der Waals surface area contributed by atoms with E-state index >= 15 is 0 Å². The van der Waals surface area contributed by atoms with Gasteiger partial charge in [0.2, 0.25) is 0 Å². The Balaban J connectivity index is 1.68. The number of hydrogen-bond donors (Lipinski definition) is 1. The van der Waals surface area contributed by atoms with Gasteiger partial charge in [0.15, 0.2) is 0 Å². The number of aryl methyl sites for hydroxylation is 2. The van der Waals surface area contributed by atoms with Gasteiger partial charge in [-0.3, -0.25) is 4.79 Å². The zero-order valence-electron chi connectivity index (χ0n) is 16.1. The van der Waals surface area contributed by atoms with Crippen LogP contribution in [0.25, 0.3) is 21.9 Å². The number of imidazole rings is 1. The molecule has 0 aliphatic heterocycles. The smallest absolute Gasteiger partial charge is 0.251 e. The fourth-order valence-electron chi connectivity index (χ4n) is 3.60. The van der Waals surface area contributed by atoms with Gasteiger partial charge < -0.3 is 14.5 Å². The molecule has 0 fully saturated rings. The van der Waals surface area contributed by atoms with Crippen LogP contribution in [0.4, 0.5) is 0 Å². The quantitative estimate of drug-likeness (QED) is 0.593. The molecule has 0 spiro atoms. The minimum absolute atomic E-state index is 0.0798. The molecule has 27 heavy (non-hydrogen) atoms. The Morgan fingerprint density at radius 2 is 1.81 bits per heavy atom. The van der Waals surface area contributed by atoms with E-state index in [1.807, 2.05) is 73.4 Å². The lowest BCUT2D eigenvalue weighted by Crippen LogP contribution is -2.33. The molecule has 0 radical (unpaired) electrons. The fraction of sp³-hybridized carbons (Fsp3) is 0.273. The first-order valence-electron chi connectivity index (χ1n) is 9.23. The highest BCUT2D eigenvalue weighted by molar-refractivity contribution is 5.98. The maximum absolute atomic E-state index is 13.0. The van der Waals surface area contributed by atoms with Crippen molar-refractivity contribution in [2.24, 2.45) is 20.0 Å². The van der Waals surface area contributed by atoms with Crippen LogP contribution in [0.1, 0.15) is 36.1 Å². The minimum atomic E-state index is -0.168. The van der Waals surface area contributed by atoms with Gasteiger partial charge in [0.1, 0.15) is 5.82 Å². The lowest BCUT2D eigenvalue weighted by atomic mass is 10.0. The SMILES string of the molecule is CC(C)C(NC(=O)c1ccc2ccn(C)c2c1)c1nc2ccccc2n1C. The van der Waals surface area contributed by atoms with Crippen molar-refractivity contribution in [3.05, 3.63) is 66.1 Å². The summed E-state index contributed by atoms with van der Waals surface area (Å²) < 4.78 is 4.10. The highest BCUT2D eigenvalue weighted by atomic mass is 16.1. The predicted molar refractivity (Wildman–Crippen MR) is 109 cm³/mol. The lowest BCUT2D eigenvalue weighted by Gasteiger charge is -2.22. The lowest BCUT2D eigenvalue weighted by molar-refractivity contribution is 0.0922. The van der Waals surface area contributed by atoms with Crippen molar-refractivity contribution in [3.8, 4) is 0 Å². The maximum atomic E-state index is 13.0. The van der Waals surface area contributed by atoms with E-state index in [4.69, 9.17) is 4.98 Å². The summed E-state index contributed by atoms with van der Waals surface area (Å²) >= 11 is 0. The Morgan fingerprint density at radius 1 is 1.04 bits per heavy atom. The Hall–Kier alpha value is -3.08. The summed E-state index contributed by atoms with van der Waals surface area (Å²) in [6.45, 7) is 4.20. The van der Waals surface area contributed by atoms with Gasteiger partial charge in [-0.05, 0) is 41.6 Å². The van der Waals surface area contributed by atoms with Gasteiger partial charge in [-0.15, -0.1) is 0 Å². The highest BCUT2D eigenvalue weighted by Crippen LogP contribution is 2.25. The number of para-hydroxylation sites is 2. The standard InChI is InChI=1S/C22H24N4O/c1-14(2)20(21-23-17-7-5-6-8-18(17)26(21)4)24-22(27)16-10-9-15-11-12-25(3)19(15)13-16/h5-14,20H,1-4H3,(H,24,27). The van der Waals surface area contributed by atoms with Gasteiger partial charge >= 0.3 is 0 Å². The van der Waals surface area contributed by atoms with Gasteiger partial charge in [-0.2, -0.15) is 0 Å². The van der Waals surface area contributed by atoms with E-state index in [1.165, 1.54) is 0 Å². The third-order valence-corrected chi connectivity index (χ3v) is 5.20. The molecular weight excluding hydrogens is 336 g/mol. The van der Waals surface area contributed by atoms with Crippen molar-refractivity contribution >= 4 is 27.8 Å². The molecule has 5 heteroatoms. The molecule has 5 nitrogen and oxygen atoms in total. The van der Waals surface area contributed by atoms with Crippen LogP contribution >= 0.6 is 0 Å². The van der Waals surface area contributed by atoms with Gasteiger partial charge in [0.05, 0.1) is 17.1 Å². The van der Waals surface area contributed by atoms with Crippen LogP contribution in [0.5, 0.6) is 0 Å². The molecule has 1 amide bonds. The number of aromatic nitrogens is 3. The summed E-state index contributed by atoms with van der Waals surface area (Å²) in [6.07, 6.45) is 2.00. The number of nitrogens with zero attached hydrogens (tertiary/aromatic N) is 3. The second-order valence-corrected chi connectivity index (χ2v) is 7.41. The number of amides is 1. The molecule has 1 atom stereocenters. The number of nitrogens with one attached hydrogen (secondary N) is 1. The minimum Gasteiger partial charge on any atom is -0.351 e. The first-order valence-corrected chi connectivity index (χ1v) is 9.23. The van der Waals surface area contributed by atoms with Crippen molar-refractivity contribution in [2.45, 2.75) is 19.9 Å². The second kappa shape index (κ2) is 6.58. The normalized spacial score (nSPS) is 12.8. The van der Waals surface area contributed by atoms with Crippen molar-refractivity contribution in [2.75, 3.05) is 0 Å². The van der Waals surface area contributed by atoms with E-state index in [1.54, 1.807) is 0 Å². The number of rotatable bonds is 4. The third kappa shape index (κ3) is 2.99. The monoisotopic (exact) mass is 360 g/mol. The van der Waals surface area contributed by atoms with Crippen LogP contribution in [-0.4, -0.2) is 20.0 Å².